The van der Waals surface area contributed by atoms with Crippen LogP contribution in [0.5, 0.6) is 0 Å². The van der Waals surface area contributed by atoms with Gasteiger partial charge in [0.25, 0.3) is 0 Å². The van der Waals surface area contributed by atoms with Crippen LogP contribution in [0.25, 0.3) is 0 Å². The van der Waals surface area contributed by atoms with Crippen LogP contribution in [0.4, 0.5) is 0 Å². The fourth-order valence-electron chi connectivity index (χ4n) is 2.21. The summed E-state index contributed by atoms with van der Waals surface area (Å²) < 4.78 is 8.09. The second kappa shape index (κ2) is 6.42. The standard InChI is InChI=1S/C12H21N3OS/c1-3-10(8-17-2)15-9-14-6-11(15)12-7-13-4-5-16-12/h6,9-10,12-13H,3-5,7-8H2,1-2H3. The van der Waals surface area contributed by atoms with Gasteiger partial charge in [0.2, 0.25) is 0 Å². The Labute approximate surface area is 107 Å². The van der Waals surface area contributed by atoms with E-state index in [0.29, 0.717) is 6.04 Å². The Morgan fingerprint density at radius 3 is 3.24 bits per heavy atom. The van der Waals surface area contributed by atoms with Gasteiger partial charge in [0.15, 0.2) is 0 Å². The lowest BCUT2D eigenvalue weighted by Gasteiger charge is -2.27. The van der Waals surface area contributed by atoms with E-state index < -0.39 is 0 Å². The Hall–Kier alpha value is -0.520. The zero-order chi connectivity index (χ0) is 12.1. The minimum Gasteiger partial charge on any atom is -0.369 e. The highest BCUT2D eigenvalue weighted by atomic mass is 32.2. The van der Waals surface area contributed by atoms with Gasteiger partial charge in [-0.2, -0.15) is 11.8 Å². The molecule has 2 unspecified atom stereocenters. The molecule has 0 aliphatic carbocycles. The molecule has 2 atom stereocenters. The monoisotopic (exact) mass is 255 g/mol. The van der Waals surface area contributed by atoms with E-state index >= 15 is 0 Å². The first kappa shape index (κ1) is 12.9. The Kier molecular flexibility index (Phi) is 4.88. The molecule has 1 N–H and O–H groups in total. The highest BCUT2D eigenvalue weighted by Crippen LogP contribution is 2.24. The summed E-state index contributed by atoms with van der Waals surface area (Å²) in [5.74, 6) is 1.13. The molecule has 0 bridgehead atoms. The molecule has 0 amide bonds. The Bertz CT molecular complexity index is 317. The van der Waals surface area contributed by atoms with Gasteiger partial charge in [-0.05, 0) is 12.7 Å². The number of aromatic nitrogens is 2. The van der Waals surface area contributed by atoms with Crippen LogP contribution in [0, 0.1) is 0 Å². The molecule has 5 heteroatoms. The molecule has 1 aliphatic heterocycles. The zero-order valence-corrected chi connectivity index (χ0v) is 11.4. The molecular formula is C12H21N3OS. The second-order valence-corrected chi connectivity index (χ2v) is 5.22. The van der Waals surface area contributed by atoms with Gasteiger partial charge < -0.3 is 14.6 Å². The van der Waals surface area contributed by atoms with Gasteiger partial charge in [-0.3, -0.25) is 0 Å². The summed E-state index contributed by atoms with van der Waals surface area (Å²) >= 11 is 1.88. The van der Waals surface area contributed by atoms with Gasteiger partial charge in [0.1, 0.15) is 6.10 Å². The number of morpholine rings is 1. The van der Waals surface area contributed by atoms with Crippen molar-refractivity contribution >= 4 is 11.8 Å². The van der Waals surface area contributed by atoms with Crippen LogP contribution in [0.3, 0.4) is 0 Å². The molecule has 1 aromatic rings. The summed E-state index contributed by atoms with van der Waals surface area (Å²) in [5, 5.41) is 3.37. The molecule has 17 heavy (non-hydrogen) atoms. The third-order valence-corrected chi connectivity index (χ3v) is 3.90. The number of thioether (sulfide) groups is 1. The Morgan fingerprint density at radius 2 is 2.59 bits per heavy atom. The molecule has 1 fully saturated rings. The second-order valence-electron chi connectivity index (χ2n) is 4.31. The maximum atomic E-state index is 5.81. The summed E-state index contributed by atoms with van der Waals surface area (Å²) in [6.45, 7) is 4.86. The minimum atomic E-state index is 0.155. The van der Waals surface area contributed by atoms with Crippen molar-refractivity contribution in [3.05, 3.63) is 18.2 Å². The number of nitrogens with one attached hydrogen (secondary N) is 1. The van der Waals surface area contributed by atoms with E-state index in [1.165, 1.54) is 5.69 Å². The molecule has 4 nitrogen and oxygen atoms in total. The van der Waals surface area contributed by atoms with Gasteiger partial charge in [-0.1, -0.05) is 6.92 Å². The Balaban J connectivity index is 2.14. The first-order valence-electron chi connectivity index (χ1n) is 6.19. The van der Waals surface area contributed by atoms with Crippen LogP contribution < -0.4 is 5.32 Å². The molecule has 2 heterocycles. The average molecular weight is 255 g/mol. The molecule has 1 aromatic heterocycles. The SMILES string of the molecule is CCC(CSC)n1cncc1C1CNCCO1. The lowest BCUT2D eigenvalue weighted by molar-refractivity contribution is 0.0221. The molecule has 96 valence electrons. The molecule has 0 spiro atoms. The zero-order valence-electron chi connectivity index (χ0n) is 10.6. The van der Waals surface area contributed by atoms with E-state index in [1.54, 1.807) is 0 Å². The predicted octanol–water partition coefficient (Wildman–Crippen LogP) is 1.86. The number of rotatable bonds is 5. The van der Waals surface area contributed by atoms with Crippen molar-refractivity contribution in [3.8, 4) is 0 Å². The van der Waals surface area contributed by atoms with Crippen LogP contribution >= 0.6 is 11.8 Å². The first-order valence-corrected chi connectivity index (χ1v) is 7.59. The molecule has 0 aromatic carbocycles. The number of imidazole rings is 1. The summed E-state index contributed by atoms with van der Waals surface area (Å²) in [4.78, 5) is 4.29. The van der Waals surface area contributed by atoms with Gasteiger partial charge in [-0.25, -0.2) is 4.98 Å². The molecule has 0 radical (unpaired) electrons. The van der Waals surface area contributed by atoms with E-state index in [4.69, 9.17) is 4.74 Å². The van der Waals surface area contributed by atoms with Gasteiger partial charge >= 0.3 is 0 Å². The third kappa shape index (κ3) is 3.03. The fourth-order valence-corrected chi connectivity index (χ4v) is 2.99. The van der Waals surface area contributed by atoms with Crippen LogP contribution in [0.2, 0.25) is 0 Å². The number of hydrogen-bond acceptors (Lipinski definition) is 4. The van der Waals surface area contributed by atoms with Crippen molar-refractivity contribution in [2.75, 3.05) is 31.7 Å². The third-order valence-electron chi connectivity index (χ3n) is 3.18. The van der Waals surface area contributed by atoms with Crippen molar-refractivity contribution < 1.29 is 4.74 Å². The maximum Gasteiger partial charge on any atom is 0.111 e. The predicted molar refractivity (Wildman–Crippen MR) is 71.5 cm³/mol. The minimum absolute atomic E-state index is 0.155. The van der Waals surface area contributed by atoms with Gasteiger partial charge in [0.05, 0.1) is 24.8 Å². The topological polar surface area (TPSA) is 39.1 Å². The summed E-state index contributed by atoms with van der Waals surface area (Å²) in [6.07, 6.45) is 7.32. The van der Waals surface area contributed by atoms with E-state index in [0.717, 1.165) is 31.9 Å². The highest BCUT2D eigenvalue weighted by molar-refractivity contribution is 7.98. The van der Waals surface area contributed by atoms with Gasteiger partial charge in [0, 0.05) is 24.9 Å². The molecule has 0 saturated carbocycles. The van der Waals surface area contributed by atoms with Crippen molar-refractivity contribution in [2.45, 2.75) is 25.5 Å². The fraction of sp³-hybridized carbons (Fsp3) is 0.750. The van der Waals surface area contributed by atoms with E-state index in [2.05, 4.69) is 28.0 Å². The number of ether oxygens (including phenoxy) is 1. The number of hydrogen-bond donors (Lipinski definition) is 1. The van der Waals surface area contributed by atoms with E-state index in [9.17, 15) is 0 Å². The highest BCUT2D eigenvalue weighted by Gasteiger charge is 2.22. The summed E-state index contributed by atoms with van der Waals surface area (Å²) in [7, 11) is 0. The normalized spacial score (nSPS) is 22.6. The lowest BCUT2D eigenvalue weighted by Crippen LogP contribution is -2.34. The van der Waals surface area contributed by atoms with Crippen molar-refractivity contribution in [1.29, 1.82) is 0 Å². The van der Waals surface area contributed by atoms with Crippen LogP contribution in [0.1, 0.15) is 31.2 Å². The van der Waals surface area contributed by atoms with Crippen molar-refractivity contribution in [1.82, 2.24) is 14.9 Å². The smallest absolute Gasteiger partial charge is 0.111 e. The molecule has 1 saturated heterocycles. The van der Waals surface area contributed by atoms with Gasteiger partial charge in [-0.15, -0.1) is 0 Å². The van der Waals surface area contributed by atoms with Crippen LogP contribution in [-0.2, 0) is 4.74 Å². The van der Waals surface area contributed by atoms with Crippen molar-refractivity contribution in [3.63, 3.8) is 0 Å². The number of nitrogens with zero attached hydrogens (tertiary/aromatic N) is 2. The summed E-state index contributed by atoms with van der Waals surface area (Å²) in [5.41, 5.74) is 1.21. The lowest BCUT2D eigenvalue weighted by atomic mass is 10.2. The average Bonchev–Trinajstić information content (AvgIpc) is 2.86. The molecule has 2 rings (SSSR count). The molecular weight excluding hydrogens is 234 g/mol. The quantitative estimate of drug-likeness (QED) is 0.871. The Morgan fingerprint density at radius 1 is 1.71 bits per heavy atom. The maximum absolute atomic E-state index is 5.81. The first-order chi connectivity index (χ1) is 8.36. The molecule has 1 aliphatic rings. The van der Waals surface area contributed by atoms with E-state index in [1.807, 2.05) is 24.3 Å². The van der Waals surface area contributed by atoms with Crippen LogP contribution in [0.15, 0.2) is 12.5 Å². The van der Waals surface area contributed by atoms with Crippen molar-refractivity contribution in [2.24, 2.45) is 0 Å². The van der Waals surface area contributed by atoms with Crippen LogP contribution in [-0.4, -0.2) is 41.3 Å². The summed E-state index contributed by atoms with van der Waals surface area (Å²) in [6, 6.07) is 0.521. The largest absolute Gasteiger partial charge is 0.369 e. The van der Waals surface area contributed by atoms with E-state index in [-0.39, 0.29) is 6.10 Å².